The van der Waals surface area contributed by atoms with Gasteiger partial charge in [0.25, 0.3) is 0 Å². The predicted octanol–water partition coefficient (Wildman–Crippen LogP) is 1.38. The van der Waals surface area contributed by atoms with E-state index in [1.807, 2.05) is 11.8 Å². The van der Waals surface area contributed by atoms with Gasteiger partial charge in [-0.3, -0.25) is 0 Å². The Bertz CT molecular complexity index is 374. The van der Waals surface area contributed by atoms with Crippen molar-refractivity contribution in [3.8, 4) is 0 Å². The molecule has 0 unspecified atom stereocenters. The van der Waals surface area contributed by atoms with Crippen LogP contribution in [0.15, 0.2) is 0 Å². The van der Waals surface area contributed by atoms with E-state index >= 15 is 0 Å². The summed E-state index contributed by atoms with van der Waals surface area (Å²) < 4.78 is 0. The highest BCUT2D eigenvalue weighted by atomic mass is 32.2. The Morgan fingerprint density at radius 2 is 2.07 bits per heavy atom. The van der Waals surface area contributed by atoms with Crippen LogP contribution in [-0.4, -0.2) is 21.5 Å². The summed E-state index contributed by atoms with van der Waals surface area (Å²) in [5.74, 6) is 4.62. The summed E-state index contributed by atoms with van der Waals surface area (Å²) in [5.41, 5.74) is 8.35. The van der Waals surface area contributed by atoms with E-state index in [1.165, 1.54) is 17.7 Å². The number of aromatic nitrogens is 2. The number of thioether (sulfide) groups is 1. The number of nitrogens with zero attached hydrogens (tertiary/aromatic N) is 2. The highest BCUT2D eigenvalue weighted by Crippen LogP contribution is 2.34. The van der Waals surface area contributed by atoms with E-state index in [1.54, 1.807) is 0 Å². The number of aryl methyl sites for hydroxylation is 1. The maximum Gasteiger partial charge on any atom is 0.135 e. The highest BCUT2D eigenvalue weighted by Gasteiger charge is 2.26. The van der Waals surface area contributed by atoms with Crippen LogP contribution in [0, 0.1) is 0 Å². The van der Waals surface area contributed by atoms with E-state index in [9.17, 15) is 0 Å². The van der Waals surface area contributed by atoms with Crippen molar-refractivity contribution >= 4 is 17.6 Å². The summed E-state index contributed by atoms with van der Waals surface area (Å²) in [6.45, 7) is 0. The van der Waals surface area contributed by atoms with Crippen LogP contribution in [0.3, 0.4) is 0 Å². The molecule has 1 aromatic heterocycles. The summed E-state index contributed by atoms with van der Waals surface area (Å²) >= 11 is 1.96. The Hall–Kier alpha value is -0.770. The molecule has 74 valence electrons. The lowest BCUT2D eigenvalue weighted by molar-refractivity contribution is 0.753. The minimum atomic E-state index is 0.563. The fraction of sp³-hybridized carbons (Fsp3) is 0.600. The second-order valence-electron chi connectivity index (χ2n) is 3.98. The molecule has 1 aromatic rings. The molecule has 14 heavy (non-hydrogen) atoms. The Labute approximate surface area is 87.5 Å². The molecule has 1 fully saturated rings. The van der Waals surface area contributed by atoms with E-state index < -0.39 is 0 Å². The van der Waals surface area contributed by atoms with Crippen LogP contribution < -0.4 is 5.73 Å². The van der Waals surface area contributed by atoms with Gasteiger partial charge in [-0.15, -0.1) is 0 Å². The van der Waals surface area contributed by atoms with Crippen molar-refractivity contribution in [2.24, 2.45) is 0 Å². The molecule has 1 aliphatic carbocycles. The van der Waals surface area contributed by atoms with Gasteiger partial charge in [0, 0.05) is 28.7 Å². The van der Waals surface area contributed by atoms with Gasteiger partial charge in [-0.1, -0.05) is 0 Å². The van der Waals surface area contributed by atoms with Gasteiger partial charge in [0.1, 0.15) is 11.6 Å². The molecule has 0 aromatic carbocycles. The average Bonchev–Trinajstić information content (AvgIpc) is 2.48. The van der Waals surface area contributed by atoms with E-state index in [0.717, 1.165) is 36.0 Å². The fourth-order valence-electron chi connectivity index (χ4n) is 2.05. The lowest BCUT2D eigenvalue weighted by atomic mass is 10.1. The van der Waals surface area contributed by atoms with Gasteiger partial charge < -0.3 is 5.73 Å². The second kappa shape index (κ2) is 3.12. The van der Waals surface area contributed by atoms with Gasteiger partial charge in [-0.2, -0.15) is 11.8 Å². The number of nitrogen functional groups attached to an aromatic ring is 1. The standard InChI is InChI=1S/C10H13N3S/c11-9-7-2-1-3-8(7)12-10(13-9)6-4-14-5-6/h6H,1-5H2,(H2,11,12,13). The molecule has 0 radical (unpaired) electrons. The van der Waals surface area contributed by atoms with E-state index in [4.69, 9.17) is 5.73 Å². The van der Waals surface area contributed by atoms with Gasteiger partial charge in [-0.05, 0) is 19.3 Å². The van der Waals surface area contributed by atoms with Crippen LogP contribution in [0.4, 0.5) is 5.82 Å². The summed E-state index contributed by atoms with van der Waals surface area (Å²) in [5, 5.41) is 0. The molecule has 3 rings (SSSR count). The predicted molar refractivity (Wildman–Crippen MR) is 58.5 cm³/mol. The number of hydrogen-bond donors (Lipinski definition) is 1. The molecule has 4 heteroatoms. The topological polar surface area (TPSA) is 51.8 Å². The number of nitrogens with two attached hydrogens (primary N) is 1. The highest BCUT2D eigenvalue weighted by molar-refractivity contribution is 8.00. The third kappa shape index (κ3) is 1.21. The van der Waals surface area contributed by atoms with Crippen LogP contribution in [0.5, 0.6) is 0 Å². The average molecular weight is 207 g/mol. The van der Waals surface area contributed by atoms with Gasteiger partial charge in [0.05, 0.1) is 0 Å². The van der Waals surface area contributed by atoms with Crippen LogP contribution >= 0.6 is 11.8 Å². The van der Waals surface area contributed by atoms with Crippen LogP contribution in [-0.2, 0) is 12.8 Å². The van der Waals surface area contributed by atoms with Crippen LogP contribution in [0.2, 0.25) is 0 Å². The molecule has 0 spiro atoms. The lowest BCUT2D eigenvalue weighted by Gasteiger charge is -2.23. The molecule has 1 saturated heterocycles. The van der Waals surface area contributed by atoms with Crippen molar-refractivity contribution < 1.29 is 0 Å². The molecular formula is C10H13N3S. The van der Waals surface area contributed by atoms with Gasteiger partial charge in [0.15, 0.2) is 0 Å². The molecular weight excluding hydrogens is 194 g/mol. The second-order valence-corrected chi connectivity index (χ2v) is 5.06. The Morgan fingerprint density at radius 1 is 1.21 bits per heavy atom. The minimum Gasteiger partial charge on any atom is -0.383 e. The largest absolute Gasteiger partial charge is 0.383 e. The monoisotopic (exact) mass is 207 g/mol. The summed E-state index contributed by atoms with van der Waals surface area (Å²) in [7, 11) is 0. The number of hydrogen-bond acceptors (Lipinski definition) is 4. The molecule has 0 saturated carbocycles. The van der Waals surface area contributed by atoms with Crippen molar-refractivity contribution in [1.29, 1.82) is 0 Å². The van der Waals surface area contributed by atoms with E-state index in [2.05, 4.69) is 9.97 Å². The first-order valence-corrected chi connectivity index (χ1v) is 6.23. The molecule has 0 bridgehead atoms. The first-order chi connectivity index (χ1) is 6.84. The molecule has 2 heterocycles. The molecule has 3 nitrogen and oxygen atoms in total. The number of fused-ring (bicyclic) bond motifs is 1. The first kappa shape index (κ1) is 8.53. The Kier molecular flexibility index (Phi) is 1.90. The van der Waals surface area contributed by atoms with E-state index in [0.29, 0.717) is 5.92 Å². The molecule has 2 N–H and O–H groups in total. The van der Waals surface area contributed by atoms with Gasteiger partial charge in [0.2, 0.25) is 0 Å². The molecule has 0 amide bonds. The Balaban J connectivity index is 2.02. The first-order valence-electron chi connectivity index (χ1n) is 5.07. The van der Waals surface area contributed by atoms with Crippen molar-refractivity contribution in [2.45, 2.75) is 25.2 Å². The Morgan fingerprint density at radius 3 is 2.79 bits per heavy atom. The lowest BCUT2D eigenvalue weighted by Crippen LogP contribution is -2.20. The maximum atomic E-state index is 5.93. The summed E-state index contributed by atoms with van der Waals surface area (Å²) in [6.07, 6.45) is 3.35. The number of rotatable bonds is 1. The maximum absolute atomic E-state index is 5.93. The van der Waals surface area contributed by atoms with Crippen molar-refractivity contribution in [3.05, 3.63) is 17.1 Å². The summed E-state index contributed by atoms with van der Waals surface area (Å²) in [4.78, 5) is 9.05. The third-order valence-electron chi connectivity index (χ3n) is 2.99. The molecule has 0 atom stereocenters. The van der Waals surface area contributed by atoms with Gasteiger partial charge >= 0.3 is 0 Å². The van der Waals surface area contributed by atoms with Crippen molar-refractivity contribution in [2.75, 3.05) is 17.2 Å². The minimum absolute atomic E-state index is 0.563. The smallest absolute Gasteiger partial charge is 0.135 e. The van der Waals surface area contributed by atoms with Gasteiger partial charge in [-0.25, -0.2) is 9.97 Å². The molecule has 2 aliphatic rings. The third-order valence-corrected chi connectivity index (χ3v) is 4.26. The van der Waals surface area contributed by atoms with Crippen molar-refractivity contribution in [1.82, 2.24) is 9.97 Å². The van der Waals surface area contributed by atoms with Crippen LogP contribution in [0.1, 0.15) is 29.4 Å². The zero-order valence-electron chi connectivity index (χ0n) is 7.99. The normalized spacial score (nSPS) is 20.6. The summed E-state index contributed by atoms with van der Waals surface area (Å²) in [6, 6.07) is 0. The molecule has 1 aliphatic heterocycles. The zero-order chi connectivity index (χ0) is 9.54. The number of anilines is 1. The van der Waals surface area contributed by atoms with Crippen LogP contribution in [0.25, 0.3) is 0 Å². The fourth-order valence-corrected chi connectivity index (χ4v) is 2.82. The zero-order valence-corrected chi connectivity index (χ0v) is 8.81. The SMILES string of the molecule is Nc1nc(C2CSC2)nc2c1CCC2. The van der Waals surface area contributed by atoms with Crippen molar-refractivity contribution in [3.63, 3.8) is 0 Å². The van der Waals surface area contributed by atoms with E-state index in [-0.39, 0.29) is 0 Å². The quantitative estimate of drug-likeness (QED) is 0.756.